The molecule has 0 unspecified atom stereocenters. The first kappa shape index (κ1) is 10.2. The summed E-state index contributed by atoms with van der Waals surface area (Å²) < 4.78 is 5.46. The summed E-state index contributed by atoms with van der Waals surface area (Å²) in [6, 6.07) is 11.6. The van der Waals surface area contributed by atoms with Gasteiger partial charge in [-0.3, -0.25) is 9.97 Å². The molecular formula is C11H11N2OP. The molecule has 3 nitrogen and oxygen atoms in total. The molecule has 0 saturated carbocycles. The molecule has 0 aliphatic heterocycles. The molecule has 15 heavy (non-hydrogen) atoms. The predicted octanol–water partition coefficient (Wildman–Crippen LogP) is 1.47. The van der Waals surface area contributed by atoms with Gasteiger partial charge in [-0.1, -0.05) is 12.1 Å². The van der Waals surface area contributed by atoms with Gasteiger partial charge in [0.25, 0.3) is 0 Å². The highest BCUT2D eigenvalue weighted by Crippen LogP contribution is 2.31. The Hall–Kier alpha value is -1.31. The van der Waals surface area contributed by atoms with E-state index in [1.165, 1.54) is 0 Å². The van der Waals surface area contributed by atoms with Crippen LogP contribution in [-0.2, 0) is 4.52 Å². The van der Waals surface area contributed by atoms with Crippen LogP contribution in [0.2, 0.25) is 0 Å². The van der Waals surface area contributed by atoms with E-state index >= 15 is 0 Å². The van der Waals surface area contributed by atoms with E-state index in [0.717, 1.165) is 10.9 Å². The maximum absolute atomic E-state index is 5.46. The standard InChI is InChI=1S/C11H11N2OP/c1-14-15(10-6-2-4-8-12-10)11-7-3-5-9-13-11/h2-9H,1H3. The van der Waals surface area contributed by atoms with Gasteiger partial charge in [-0.25, -0.2) is 0 Å². The smallest absolute Gasteiger partial charge is 0.129 e. The van der Waals surface area contributed by atoms with Crippen LogP contribution < -0.4 is 10.9 Å². The zero-order valence-electron chi connectivity index (χ0n) is 8.37. The minimum Gasteiger partial charge on any atom is -0.350 e. The molecule has 0 bridgehead atoms. The molecule has 0 aromatic carbocycles. The lowest BCUT2D eigenvalue weighted by atomic mass is 10.5. The molecule has 2 rings (SSSR count). The van der Waals surface area contributed by atoms with E-state index < -0.39 is 8.15 Å². The molecule has 0 aliphatic carbocycles. The van der Waals surface area contributed by atoms with Gasteiger partial charge < -0.3 is 4.52 Å². The zero-order chi connectivity index (χ0) is 10.5. The molecule has 2 heterocycles. The number of hydrogen-bond acceptors (Lipinski definition) is 3. The van der Waals surface area contributed by atoms with E-state index in [2.05, 4.69) is 9.97 Å². The lowest BCUT2D eigenvalue weighted by Crippen LogP contribution is -2.17. The van der Waals surface area contributed by atoms with Gasteiger partial charge >= 0.3 is 0 Å². The highest BCUT2D eigenvalue weighted by atomic mass is 31.1. The van der Waals surface area contributed by atoms with Gasteiger partial charge in [0.2, 0.25) is 0 Å². The van der Waals surface area contributed by atoms with Crippen molar-refractivity contribution < 1.29 is 4.52 Å². The largest absolute Gasteiger partial charge is 0.350 e. The van der Waals surface area contributed by atoms with Crippen molar-refractivity contribution in [2.75, 3.05) is 7.11 Å². The number of rotatable bonds is 3. The van der Waals surface area contributed by atoms with Crippen LogP contribution in [0.3, 0.4) is 0 Å². The van der Waals surface area contributed by atoms with Gasteiger partial charge in [-0.05, 0) is 24.3 Å². The lowest BCUT2D eigenvalue weighted by Gasteiger charge is -2.12. The second-order valence-electron chi connectivity index (χ2n) is 2.85. The highest BCUT2D eigenvalue weighted by Gasteiger charge is 2.15. The summed E-state index contributed by atoms with van der Waals surface area (Å²) in [5.41, 5.74) is 1.88. The van der Waals surface area contributed by atoms with Crippen LogP contribution in [0.1, 0.15) is 0 Å². The van der Waals surface area contributed by atoms with Gasteiger partial charge in [0.1, 0.15) is 8.15 Å². The molecule has 76 valence electrons. The Morgan fingerprint density at radius 2 is 1.47 bits per heavy atom. The highest BCUT2D eigenvalue weighted by molar-refractivity contribution is 7.68. The Bertz CT molecular complexity index is 368. The van der Waals surface area contributed by atoms with Crippen LogP contribution in [0.15, 0.2) is 48.8 Å². The first-order valence-corrected chi connectivity index (χ1v) is 5.84. The monoisotopic (exact) mass is 218 g/mol. The zero-order valence-corrected chi connectivity index (χ0v) is 9.26. The van der Waals surface area contributed by atoms with Crippen LogP contribution in [0.5, 0.6) is 0 Å². The van der Waals surface area contributed by atoms with Gasteiger partial charge in [-0.15, -0.1) is 0 Å². The molecule has 0 spiro atoms. The van der Waals surface area contributed by atoms with Crippen molar-refractivity contribution in [3.63, 3.8) is 0 Å². The van der Waals surface area contributed by atoms with Gasteiger partial charge in [0.15, 0.2) is 0 Å². The van der Waals surface area contributed by atoms with Crippen molar-refractivity contribution in [1.82, 2.24) is 9.97 Å². The fraction of sp³-hybridized carbons (Fsp3) is 0.0909. The average molecular weight is 218 g/mol. The Kier molecular flexibility index (Phi) is 3.38. The Morgan fingerprint density at radius 3 is 1.80 bits per heavy atom. The number of pyridine rings is 2. The van der Waals surface area contributed by atoms with Crippen LogP contribution in [0, 0.1) is 0 Å². The number of aromatic nitrogens is 2. The quantitative estimate of drug-likeness (QED) is 0.732. The molecule has 2 aromatic heterocycles. The first-order valence-electron chi connectivity index (χ1n) is 4.58. The maximum Gasteiger partial charge on any atom is 0.129 e. The van der Waals surface area contributed by atoms with E-state index in [0.29, 0.717) is 0 Å². The number of nitrogens with zero attached hydrogens (tertiary/aromatic N) is 2. The fourth-order valence-electron chi connectivity index (χ4n) is 1.25. The molecule has 0 atom stereocenters. The third kappa shape index (κ3) is 2.38. The minimum atomic E-state index is -0.871. The summed E-state index contributed by atoms with van der Waals surface area (Å²) in [5.74, 6) is 0. The van der Waals surface area contributed by atoms with E-state index in [4.69, 9.17) is 4.52 Å². The fourth-order valence-corrected chi connectivity index (χ4v) is 2.65. The van der Waals surface area contributed by atoms with Crippen molar-refractivity contribution in [2.24, 2.45) is 0 Å². The molecule has 0 fully saturated rings. The Morgan fingerprint density at radius 1 is 0.933 bits per heavy atom. The second kappa shape index (κ2) is 4.96. The van der Waals surface area contributed by atoms with Crippen molar-refractivity contribution in [3.05, 3.63) is 48.8 Å². The molecule has 0 radical (unpaired) electrons. The van der Waals surface area contributed by atoms with Crippen LogP contribution in [-0.4, -0.2) is 17.1 Å². The molecule has 0 saturated heterocycles. The topological polar surface area (TPSA) is 35.0 Å². The summed E-state index contributed by atoms with van der Waals surface area (Å²) in [6.07, 6.45) is 3.54. The van der Waals surface area contributed by atoms with E-state index in [-0.39, 0.29) is 0 Å². The molecule has 4 heteroatoms. The molecule has 2 aromatic rings. The minimum absolute atomic E-state index is 0.871. The summed E-state index contributed by atoms with van der Waals surface area (Å²) >= 11 is 0. The first-order chi connectivity index (χ1) is 7.42. The summed E-state index contributed by atoms with van der Waals surface area (Å²) in [4.78, 5) is 8.58. The van der Waals surface area contributed by atoms with Crippen molar-refractivity contribution in [2.45, 2.75) is 0 Å². The van der Waals surface area contributed by atoms with Crippen molar-refractivity contribution in [3.8, 4) is 0 Å². The molecule has 0 aliphatic rings. The third-order valence-electron chi connectivity index (χ3n) is 1.90. The summed E-state index contributed by atoms with van der Waals surface area (Å²) in [6.45, 7) is 0. The normalized spacial score (nSPS) is 10.5. The van der Waals surface area contributed by atoms with Gasteiger partial charge in [0.05, 0.1) is 10.9 Å². The van der Waals surface area contributed by atoms with E-state index in [9.17, 15) is 0 Å². The van der Waals surface area contributed by atoms with Gasteiger partial charge in [0, 0.05) is 19.5 Å². The van der Waals surface area contributed by atoms with Crippen LogP contribution in [0.25, 0.3) is 0 Å². The van der Waals surface area contributed by atoms with Crippen LogP contribution >= 0.6 is 8.15 Å². The summed E-state index contributed by atoms with van der Waals surface area (Å²) in [7, 11) is 0.819. The van der Waals surface area contributed by atoms with Gasteiger partial charge in [-0.2, -0.15) is 0 Å². The molecular weight excluding hydrogens is 207 g/mol. The Labute approximate surface area is 90.0 Å². The lowest BCUT2D eigenvalue weighted by molar-refractivity contribution is 0.473. The second-order valence-corrected chi connectivity index (χ2v) is 4.72. The average Bonchev–Trinajstić information content (AvgIpc) is 2.33. The van der Waals surface area contributed by atoms with Crippen molar-refractivity contribution >= 4 is 19.0 Å². The summed E-state index contributed by atoms with van der Waals surface area (Å²) in [5, 5.41) is 0. The van der Waals surface area contributed by atoms with E-state index in [1.54, 1.807) is 19.5 Å². The number of hydrogen-bond donors (Lipinski definition) is 0. The van der Waals surface area contributed by atoms with Crippen molar-refractivity contribution in [1.29, 1.82) is 0 Å². The molecule has 0 amide bonds. The SMILES string of the molecule is COP(c1ccccn1)c1ccccn1. The predicted molar refractivity (Wildman–Crippen MR) is 61.7 cm³/mol. The molecule has 0 N–H and O–H groups in total. The Balaban J connectivity index is 2.34. The maximum atomic E-state index is 5.46. The van der Waals surface area contributed by atoms with E-state index in [1.807, 2.05) is 36.4 Å². The third-order valence-corrected chi connectivity index (χ3v) is 3.62. The van der Waals surface area contributed by atoms with Crippen LogP contribution in [0.4, 0.5) is 0 Å².